The first-order valence-corrected chi connectivity index (χ1v) is 26.2. The van der Waals surface area contributed by atoms with E-state index in [1.165, 1.54) is 12.1 Å². The van der Waals surface area contributed by atoms with Gasteiger partial charge in [0.15, 0.2) is 5.71 Å². The lowest BCUT2D eigenvalue weighted by Crippen LogP contribution is -2.36. The molecule has 66 heavy (non-hydrogen) atoms. The summed E-state index contributed by atoms with van der Waals surface area (Å²) in [6.07, 6.45) is 10.8. The minimum absolute atomic E-state index is 0.000173. The average molecular weight is 989 g/mol. The molecule has 3 aliphatic rings. The third-order valence-electron chi connectivity index (χ3n) is 11.8. The Balaban J connectivity index is 1.37. The van der Waals surface area contributed by atoms with E-state index in [9.17, 15) is 53.3 Å². The summed E-state index contributed by atoms with van der Waals surface area (Å²) in [5.74, 6) is -2.17. The maximum absolute atomic E-state index is 12.4. The molecule has 2 amide bonds. The number of nitrogens with zero attached hydrogens (tertiary/aromatic N) is 4. The van der Waals surface area contributed by atoms with Gasteiger partial charge in [0, 0.05) is 49.0 Å². The highest BCUT2D eigenvalue weighted by Crippen LogP contribution is 2.49. The number of amides is 2. The molecule has 3 aromatic rings. The van der Waals surface area contributed by atoms with E-state index in [2.05, 4.69) is 0 Å². The van der Waals surface area contributed by atoms with Crippen LogP contribution in [0.1, 0.15) is 94.9 Å². The maximum Gasteiger partial charge on any atom is 0.333 e. The highest BCUT2D eigenvalue weighted by molar-refractivity contribution is 7.86. The Morgan fingerprint density at radius 2 is 1.55 bits per heavy atom. The fourth-order valence-electron chi connectivity index (χ4n) is 8.27. The van der Waals surface area contributed by atoms with Crippen LogP contribution in [0.2, 0.25) is 5.02 Å². The van der Waals surface area contributed by atoms with Crippen LogP contribution in [-0.2, 0) is 73.4 Å². The van der Waals surface area contributed by atoms with Crippen LogP contribution in [0.4, 0.5) is 11.5 Å². The number of fused-ring (bicyclic) bond motifs is 2. The average Bonchev–Trinajstić information content (AvgIpc) is 3.75. The fraction of sp³-hybridized carbons (Fsp3) is 0.400. The van der Waals surface area contributed by atoms with Crippen LogP contribution in [-0.4, -0.2) is 85.5 Å². The number of hydrogen-bond donors (Lipinski definition) is 3. The van der Waals surface area contributed by atoms with Gasteiger partial charge in [-0.05, 0) is 103 Å². The minimum atomic E-state index is -4.57. The Morgan fingerprint density at radius 1 is 0.864 bits per heavy atom. The second-order valence-corrected chi connectivity index (χ2v) is 22.4. The number of halogens is 1. The Kier molecular flexibility index (Phi) is 15.0. The fourth-order valence-corrected chi connectivity index (χ4v) is 9.99. The molecular formula is C45H52ClN4O13S3+. The zero-order valence-corrected chi connectivity index (χ0v) is 40.0. The SMILES string of the molecule is CC1(C)C(/C=C/C(=C/C=C2/N(CCCS(=O)(=O)O)c3ccc(S(=O)(=O)O)cc3C2(C)C)c2cccc(CCCCC(=O)ON3C(=O)CCC3=O)c2)=Nc2c1cc(Cl)c[n+]2CCCS(=O)(=O)O. The number of aliphatic imine (C=N–C) groups is 1. The number of hydroxylamine groups is 2. The smallest absolute Gasteiger partial charge is 0.333 e. The van der Waals surface area contributed by atoms with Crippen molar-refractivity contribution in [2.45, 2.75) is 101 Å². The van der Waals surface area contributed by atoms with Gasteiger partial charge in [-0.15, -0.1) is 5.06 Å². The first-order valence-electron chi connectivity index (χ1n) is 21.1. The van der Waals surface area contributed by atoms with Crippen molar-refractivity contribution in [1.82, 2.24) is 5.06 Å². The number of pyridine rings is 1. The van der Waals surface area contributed by atoms with Crippen LogP contribution in [0, 0.1) is 0 Å². The van der Waals surface area contributed by atoms with Crippen LogP contribution in [0.5, 0.6) is 0 Å². The number of unbranched alkanes of at least 4 members (excludes halogenated alkanes) is 1. The van der Waals surface area contributed by atoms with Crippen molar-refractivity contribution >= 4 is 82.5 Å². The van der Waals surface area contributed by atoms with Crippen molar-refractivity contribution in [1.29, 1.82) is 0 Å². The molecule has 0 atom stereocenters. The zero-order valence-electron chi connectivity index (χ0n) is 36.8. The topological polar surface area (TPSA) is 246 Å². The number of anilines is 1. The highest BCUT2D eigenvalue weighted by atomic mass is 35.5. The van der Waals surface area contributed by atoms with E-state index in [4.69, 9.17) is 21.4 Å². The van der Waals surface area contributed by atoms with Crippen LogP contribution >= 0.6 is 11.6 Å². The Bertz CT molecular complexity index is 2910. The summed E-state index contributed by atoms with van der Waals surface area (Å²) in [5.41, 5.74) is 4.14. The van der Waals surface area contributed by atoms with E-state index >= 15 is 0 Å². The summed E-state index contributed by atoms with van der Waals surface area (Å²) in [5, 5.41) is 0.943. The number of carbonyl (C=O) groups is 3. The van der Waals surface area contributed by atoms with Crippen molar-refractivity contribution in [2.75, 3.05) is 23.0 Å². The summed E-state index contributed by atoms with van der Waals surface area (Å²) in [4.78, 5) is 47.7. The van der Waals surface area contributed by atoms with Crippen LogP contribution in [0.15, 0.2) is 94.6 Å². The van der Waals surface area contributed by atoms with E-state index in [1.54, 1.807) is 22.9 Å². The Morgan fingerprint density at radius 3 is 2.21 bits per heavy atom. The molecule has 6 rings (SSSR count). The number of allylic oxidation sites excluding steroid dienone is 6. The van der Waals surface area contributed by atoms with E-state index in [0.717, 1.165) is 16.7 Å². The van der Waals surface area contributed by atoms with E-state index < -0.39 is 70.5 Å². The Hall–Kier alpha value is -5.09. The van der Waals surface area contributed by atoms with Gasteiger partial charge < -0.3 is 9.74 Å². The third kappa shape index (κ3) is 12.1. The lowest BCUT2D eigenvalue weighted by molar-refractivity contribution is -0.684. The van der Waals surface area contributed by atoms with Crippen molar-refractivity contribution in [3.63, 3.8) is 0 Å². The number of benzene rings is 2. The second kappa shape index (κ2) is 19.6. The van der Waals surface area contributed by atoms with Gasteiger partial charge in [0.25, 0.3) is 42.2 Å². The molecule has 0 spiro atoms. The van der Waals surface area contributed by atoms with Crippen molar-refractivity contribution in [3.05, 3.63) is 112 Å². The summed E-state index contributed by atoms with van der Waals surface area (Å²) in [6.45, 7) is 8.06. The lowest BCUT2D eigenvalue weighted by atomic mass is 9.81. The van der Waals surface area contributed by atoms with E-state index in [-0.39, 0.29) is 50.1 Å². The molecule has 0 aliphatic carbocycles. The highest BCUT2D eigenvalue weighted by Gasteiger charge is 2.43. The number of carbonyl (C=O) groups excluding carboxylic acids is 3. The van der Waals surface area contributed by atoms with Gasteiger partial charge in [0.05, 0.1) is 38.9 Å². The summed E-state index contributed by atoms with van der Waals surface area (Å²) < 4.78 is 101. The molecule has 3 N–H and O–H groups in total. The van der Waals surface area contributed by atoms with Gasteiger partial charge in [0.2, 0.25) is 0 Å². The predicted octanol–water partition coefficient (Wildman–Crippen LogP) is 6.44. The van der Waals surface area contributed by atoms with Gasteiger partial charge in [-0.25, -0.2) is 9.36 Å². The van der Waals surface area contributed by atoms with E-state index in [1.807, 2.05) is 81.2 Å². The predicted molar refractivity (Wildman–Crippen MR) is 247 cm³/mol. The molecule has 0 bridgehead atoms. The molecule has 0 saturated carbocycles. The van der Waals surface area contributed by atoms with Crippen molar-refractivity contribution in [3.8, 4) is 0 Å². The normalized spacial score (nSPS) is 17.8. The maximum atomic E-state index is 12.4. The van der Waals surface area contributed by atoms with Crippen LogP contribution < -0.4 is 9.47 Å². The molecule has 0 radical (unpaired) electrons. The van der Waals surface area contributed by atoms with E-state index in [0.29, 0.717) is 63.4 Å². The summed E-state index contributed by atoms with van der Waals surface area (Å²) in [7, 11) is -13.1. The first kappa shape index (κ1) is 50.3. The lowest BCUT2D eigenvalue weighted by Gasteiger charge is -2.27. The molecule has 2 aromatic carbocycles. The number of aromatic nitrogens is 1. The monoisotopic (exact) mass is 987 g/mol. The molecule has 354 valence electrons. The number of imide groups is 1. The van der Waals surface area contributed by atoms with Crippen LogP contribution in [0.3, 0.4) is 0 Å². The molecule has 17 nitrogen and oxygen atoms in total. The molecule has 1 saturated heterocycles. The standard InChI is InChI=1S/C45H51ClN4O13S3/c1-44(2)36-27-33(46)29-48(22-8-24-64(54,55)56)43(36)47-38(44)18-14-31(32-12-7-11-30(26-32)10-5-6-13-42(53)63-50-40(51)20-21-41(50)52)15-19-39-45(3,4)35-28-34(66(60,61)62)16-17-37(35)49(39)23-9-25-65(57,58)59/h7,11-12,14-19,26-29H,5-6,8-10,13,20-25H2,1-4H3,(H2-,54,55,56,57,58,59,60,61,62)/p+1. The summed E-state index contributed by atoms with van der Waals surface area (Å²) in [6, 6.07) is 13.7. The number of rotatable bonds is 19. The molecule has 0 unspecified atom stereocenters. The molecule has 3 aliphatic heterocycles. The molecule has 1 aromatic heterocycles. The van der Waals surface area contributed by atoms with Crippen molar-refractivity contribution < 1.29 is 62.7 Å². The number of aryl methyl sites for hydroxylation is 2. The number of hydrogen-bond acceptors (Lipinski definition) is 12. The Labute approximate surface area is 389 Å². The van der Waals surface area contributed by atoms with Gasteiger partial charge in [-0.2, -0.15) is 25.3 Å². The molecule has 21 heteroatoms. The molecule has 4 heterocycles. The van der Waals surface area contributed by atoms with Gasteiger partial charge in [-0.1, -0.05) is 61.9 Å². The quantitative estimate of drug-likeness (QED) is 0.0385. The van der Waals surface area contributed by atoms with Gasteiger partial charge in [-0.3, -0.25) is 23.2 Å². The second-order valence-electron chi connectivity index (χ2n) is 17.4. The van der Waals surface area contributed by atoms with Crippen LogP contribution in [0.25, 0.3) is 5.57 Å². The zero-order chi connectivity index (χ0) is 48.4. The summed E-state index contributed by atoms with van der Waals surface area (Å²) >= 11 is 6.55. The minimum Gasteiger partial charge on any atom is -0.344 e. The third-order valence-corrected chi connectivity index (χ3v) is 14.4. The first-order chi connectivity index (χ1) is 30.7. The molecule has 1 fully saturated rings. The van der Waals surface area contributed by atoms with Gasteiger partial charge in [0.1, 0.15) is 6.20 Å². The van der Waals surface area contributed by atoms with Gasteiger partial charge >= 0.3 is 11.8 Å². The van der Waals surface area contributed by atoms with Crippen molar-refractivity contribution in [2.24, 2.45) is 4.99 Å². The molecular weight excluding hydrogens is 936 g/mol. The largest absolute Gasteiger partial charge is 0.344 e.